The topological polar surface area (TPSA) is 99.5 Å². The highest BCUT2D eigenvalue weighted by Gasteiger charge is 2.23. The standard InChI is InChI=1S/C20H23N3O4S/c1-3-4-13-27-19-8-6-5-7-18(19)22-20(24)15-23(2)28(25,26)17-11-9-16(14-21)10-12-17/h5-12H,3-4,13,15H2,1-2H3,(H,22,24). The van der Waals surface area contributed by atoms with Gasteiger partial charge in [-0.25, -0.2) is 8.42 Å². The predicted molar refractivity (Wildman–Crippen MR) is 106 cm³/mol. The first kappa shape index (κ1) is 21.4. The van der Waals surface area contributed by atoms with Gasteiger partial charge in [0, 0.05) is 7.05 Å². The normalized spacial score (nSPS) is 11.1. The molecule has 148 valence electrons. The molecule has 0 spiro atoms. The minimum atomic E-state index is -3.85. The summed E-state index contributed by atoms with van der Waals surface area (Å²) in [6.45, 7) is 2.24. The van der Waals surface area contributed by atoms with Gasteiger partial charge in [-0.15, -0.1) is 0 Å². The smallest absolute Gasteiger partial charge is 0.243 e. The number of hydrogen-bond acceptors (Lipinski definition) is 5. The zero-order chi connectivity index (χ0) is 20.6. The summed E-state index contributed by atoms with van der Waals surface area (Å²) in [6.07, 6.45) is 1.89. The number of para-hydroxylation sites is 2. The van der Waals surface area contributed by atoms with Gasteiger partial charge in [0.1, 0.15) is 5.75 Å². The van der Waals surface area contributed by atoms with Gasteiger partial charge in [-0.1, -0.05) is 25.5 Å². The Kier molecular flexibility index (Phi) is 7.55. The number of hydrogen-bond donors (Lipinski definition) is 1. The summed E-state index contributed by atoms with van der Waals surface area (Å²) in [5.41, 5.74) is 0.854. The van der Waals surface area contributed by atoms with E-state index in [-0.39, 0.29) is 11.4 Å². The van der Waals surface area contributed by atoms with Gasteiger partial charge in [0.05, 0.1) is 35.4 Å². The molecule has 8 heteroatoms. The molecule has 1 N–H and O–H groups in total. The lowest BCUT2D eigenvalue weighted by Crippen LogP contribution is -2.35. The lowest BCUT2D eigenvalue weighted by atomic mass is 10.2. The van der Waals surface area contributed by atoms with E-state index in [0.29, 0.717) is 23.6 Å². The van der Waals surface area contributed by atoms with Crippen LogP contribution in [0.4, 0.5) is 5.69 Å². The minimum Gasteiger partial charge on any atom is -0.491 e. The largest absolute Gasteiger partial charge is 0.491 e. The van der Waals surface area contributed by atoms with Gasteiger partial charge >= 0.3 is 0 Å². The number of likely N-dealkylation sites (N-methyl/N-ethyl adjacent to an activating group) is 1. The Morgan fingerprint density at radius 3 is 2.50 bits per heavy atom. The van der Waals surface area contributed by atoms with Crippen molar-refractivity contribution in [2.75, 3.05) is 25.5 Å². The van der Waals surface area contributed by atoms with E-state index in [0.717, 1.165) is 17.1 Å². The second-order valence-electron chi connectivity index (χ2n) is 6.14. The third-order valence-electron chi connectivity index (χ3n) is 3.97. The molecule has 0 aliphatic rings. The summed E-state index contributed by atoms with van der Waals surface area (Å²) in [4.78, 5) is 12.4. The molecule has 2 rings (SSSR count). The first-order chi connectivity index (χ1) is 13.4. The van der Waals surface area contributed by atoms with Gasteiger partial charge in [-0.2, -0.15) is 9.57 Å². The molecule has 0 aliphatic carbocycles. The number of nitriles is 1. The second-order valence-corrected chi connectivity index (χ2v) is 8.19. The molecule has 0 atom stereocenters. The molecule has 2 aromatic rings. The number of nitrogens with zero attached hydrogens (tertiary/aromatic N) is 2. The van der Waals surface area contributed by atoms with E-state index in [1.54, 1.807) is 24.3 Å². The molecule has 0 radical (unpaired) electrons. The molecule has 0 aliphatic heterocycles. The van der Waals surface area contributed by atoms with Crippen LogP contribution in [0.25, 0.3) is 0 Å². The van der Waals surface area contributed by atoms with Gasteiger partial charge < -0.3 is 10.1 Å². The highest BCUT2D eigenvalue weighted by molar-refractivity contribution is 7.89. The number of carbonyl (C=O) groups excluding carboxylic acids is 1. The van der Waals surface area contributed by atoms with Crippen LogP contribution in [0.2, 0.25) is 0 Å². The van der Waals surface area contributed by atoms with E-state index < -0.39 is 15.9 Å². The molecule has 0 saturated carbocycles. The number of anilines is 1. The summed E-state index contributed by atoms with van der Waals surface area (Å²) in [5.74, 6) is 0.0631. The molecule has 7 nitrogen and oxygen atoms in total. The fourth-order valence-electron chi connectivity index (χ4n) is 2.38. The van der Waals surface area contributed by atoms with Gasteiger partial charge in [-0.05, 0) is 42.8 Å². The summed E-state index contributed by atoms with van der Waals surface area (Å²) >= 11 is 0. The first-order valence-electron chi connectivity index (χ1n) is 8.86. The average molecular weight is 401 g/mol. The Morgan fingerprint density at radius 1 is 1.18 bits per heavy atom. The van der Waals surface area contributed by atoms with E-state index in [4.69, 9.17) is 10.00 Å². The number of benzene rings is 2. The van der Waals surface area contributed by atoms with Crippen LogP contribution in [-0.4, -0.2) is 38.8 Å². The fourth-order valence-corrected chi connectivity index (χ4v) is 3.51. The Bertz CT molecular complexity index is 950. The van der Waals surface area contributed by atoms with Crippen LogP contribution in [0.3, 0.4) is 0 Å². The van der Waals surface area contributed by atoms with Crippen molar-refractivity contribution in [1.82, 2.24) is 4.31 Å². The maximum Gasteiger partial charge on any atom is 0.243 e. The maximum atomic E-state index is 12.6. The van der Waals surface area contributed by atoms with E-state index >= 15 is 0 Å². The van der Waals surface area contributed by atoms with Crippen LogP contribution in [0.1, 0.15) is 25.3 Å². The summed E-state index contributed by atoms with van der Waals surface area (Å²) in [6, 6.07) is 14.5. The van der Waals surface area contributed by atoms with Crippen LogP contribution in [-0.2, 0) is 14.8 Å². The number of sulfonamides is 1. The van der Waals surface area contributed by atoms with Gasteiger partial charge in [0.2, 0.25) is 15.9 Å². The van der Waals surface area contributed by atoms with Crippen LogP contribution in [0.15, 0.2) is 53.4 Å². The molecule has 0 heterocycles. The van der Waals surface area contributed by atoms with Crippen LogP contribution < -0.4 is 10.1 Å². The van der Waals surface area contributed by atoms with Crippen LogP contribution in [0.5, 0.6) is 5.75 Å². The number of ether oxygens (including phenoxy) is 1. The lowest BCUT2D eigenvalue weighted by molar-refractivity contribution is -0.116. The quantitative estimate of drug-likeness (QED) is 0.651. The van der Waals surface area contributed by atoms with Crippen molar-refractivity contribution in [2.24, 2.45) is 0 Å². The average Bonchev–Trinajstić information content (AvgIpc) is 2.69. The molecular weight excluding hydrogens is 378 g/mol. The lowest BCUT2D eigenvalue weighted by Gasteiger charge is -2.18. The highest BCUT2D eigenvalue weighted by Crippen LogP contribution is 2.24. The maximum absolute atomic E-state index is 12.6. The molecule has 2 aromatic carbocycles. The minimum absolute atomic E-state index is 0.0186. The van der Waals surface area contributed by atoms with Crippen molar-refractivity contribution < 1.29 is 17.9 Å². The number of unbranched alkanes of at least 4 members (excludes halogenated alkanes) is 1. The molecule has 0 aromatic heterocycles. The third kappa shape index (κ3) is 5.55. The van der Waals surface area contributed by atoms with Crippen LogP contribution in [0, 0.1) is 11.3 Å². The Labute approximate surface area is 165 Å². The van der Waals surface area contributed by atoms with E-state index in [9.17, 15) is 13.2 Å². The third-order valence-corrected chi connectivity index (χ3v) is 5.79. The zero-order valence-corrected chi connectivity index (χ0v) is 16.7. The zero-order valence-electron chi connectivity index (χ0n) is 15.9. The number of rotatable bonds is 9. The van der Waals surface area contributed by atoms with Gasteiger partial charge in [0.25, 0.3) is 0 Å². The van der Waals surface area contributed by atoms with Crippen LogP contribution >= 0.6 is 0 Å². The van der Waals surface area contributed by atoms with Crippen molar-refractivity contribution in [3.05, 3.63) is 54.1 Å². The Morgan fingerprint density at radius 2 is 1.86 bits per heavy atom. The molecule has 0 unspecified atom stereocenters. The summed E-state index contributed by atoms with van der Waals surface area (Å²) < 4.78 is 31.8. The second kappa shape index (κ2) is 9.88. The Hall–Kier alpha value is -2.89. The molecular formula is C20H23N3O4S. The monoisotopic (exact) mass is 401 g/mol. The Balaban J connectivity index is 2.05. The summed E-state index contributed by atoms with van der Waals surface area (Å²) in [7, 11) is -2.52. The predicted octanol–water partition coefficient (Wildman–Crippen LogP) is 3.00. The van der Waals surface area contributed by atoms with Gasteiger partial charge in [0.15, 0.2) is 0 Å². The molecule has 0 bridgehead atoms. The highest BCUT2D eigenvalue weighted by atomic mass is 32.2. The molecule has 0 saturated heterocycles. The number of amides is 1. The van der Waals surface area contributed by atoms with Gasteiger partial charge in [-0.3, -0.25) is 4.79 Å². The number of carbonyl (C=O) groups is 1. The number of nitrogens with one attached hydrogen (secondary N) is 1. The van der Waals surface area contributed by atoms with Crippen molar-refractivity contribution in [3.8, 4) is 11.8 Å². The van der Waals surface area contributed by atoms with E-state index in [1.807, 2.05) is 6.07 Å². The summed E-state index contributed by atoms with van der Waals surface area (Å²) in [5, 5.41) is 11.5. The molecule has 28 heavy (non-hydrogen) atoms. The molecule has 0 fully saturated rings. The van der Waals surface area contributed by atoms with Crippen molar-refractivity contribution in [3.63, 3.8) is 0 Å². The van der Waals surface area contributed by atoms with Crippen molar-refractivity contribution in [2.45, 2.75) is 24.7 Å². The molecule has 1 amide bonds. The first-order valence-corrected chi connectivity index (χ1v) is 10.3. The van der Waals surface area contributed by atoms with E-state index in [2.05, 4.69) is 12.2 Å². The van der Waals surface area contributed by atoms with Crippen molar-refractivity contribution >= 4 is 21.6 Å². The fraction of sp³-hybridized carbons (Fsp3) is 0.300. The van der Waals surface area contributed by atoms with Crippen molar-refractivity contribution in [1.29, 1.82) is 5.26 Å². The SMILES string of the molecule is CCCCOc1ccccc1NC(=O)CN(C)S(=O)(=O)c1ccc(C#N)cc1. The van der Waals surface area contributed by atoms with E-state index in [1.165, 1.54) is 31.3 Å².